The van der Waals surface area contributed by atoms with Crippen molar-refractivity contribution in [2.24, 2.45) is 0 Å². The van der Waals surface area contributed by atoms with Gasteiger partial charge < -0.3 is 14.8 Å². The summed E-state index contributed by atoms with van der Waals surface area (Å²) in [5, 5.41) is 2.96. The van der Waals surface area contributed by atoms with E-state index in [0.717, 1.165) is 0 Å². The molecule has 3 rings (SSSR count). The van der Waals surface area contributed by atoms with Crippen LogP contribution in [-0.4, -0.2) is 18.6 Å². The van der Waals surface area contributed by atoms with Gasteiger partial charge in [0.2, 0.25) is 6.10 Å². The van der Waals surface area contributed by atoms with Gasteiger partial charge in [0.15, 0.2) is 11.5 Å². The Hall–Kier alpha value is -1.98. The number of para-hydroxylation sites is 2. The number of hydrogen-bond donors (Lipinski definition) is 1. The fourth-order valence-corrected chi connectivity index (χ4v) is 2.95. The molecule has 0 bridgehead atoms. The molecule has 24 heavy (non-hydrogen) atoms. The van der Waals surface area contributed by atoms with Crippen LogP contribution in [-0.2, 0) is 4.79 Å². The Labute approximate surface area is 148 Å². The van der Waals surface area contributed by atoms with Crippen LogP contribution in [0.3, 0.4) is 0 Å². The van der Waals surface area contributed by atoms with Gasteiger partial charge in [-0.1, -0.05) is 35.3 Å². The van der Waals surface area contributed by atoms with Crippen LogP contribution in [0.1, 0.15) is 18.5 Å². The fourth-order valence-electron chi connectivity index (χ4n) is 2.40. The summed E-state index contributed by atoms with van der Waals surface area (Å²) >= 11 is 11.8. The Kier molecular flexibility index (Phi) is 4.83. The zero-order valence-electron chi connectivity index (χ0n) is 12.7. The smallest absolute Gasteiger partial charge is 0.265 e. The molecule has 0 aliphatic carbocycles. The highest BCUT2D eigenvalue weighted by atomic mass is 35.5. The lowest BCUT2D eigenvalue weighted by Gasteiger charge is -2.27. The second-order valence-corrected chi connectivity index (χ2v) is 6.20. The molecule has 2 aromatic carbocycles. The van der Waals surface area contributed by atoms with E-state index in [0.29, 0.717) is 17.1 Å². The van der Waals surface area contributed by atoms with E-state index in [1.807, 2.05) is 6.07 Å². The van der Waals surface area contributed by atoms with Crippen molar-refractivity contribution >= 4 is 29.1 Å². The van der Waals surface area contributed by atoms with Crippen molar-refractivity contribution in [2.75, 3.05) is 6.61 Å². The second-order valence-electron chi connectivity index (χ2n) is 5.38. The lowest BCUT2D eigenvalue weighted by Crippen LogP contribution is -2.44. The van der Waals surface area contributed by atoms with Crippen molar-refractivity contribution in [1.82, 2.24) is 5.32 Å². The summed E-state index contributed by atoms with van der Waals surface area (Å²) in [6, 6.07) is 9.11. The summed E-state index contributed by atoms with van der Waals surface area (Å²) in [7, 11) is 0. The normalized spacial score (nSPS) is 17.2. The summed E-state index contributed by atoms with van der Waals surface area (Å²) in [6.07, 6.45) is -0.793. The predicted molar refractivity (Wildman–Crippen MR) is 89.3 cm³/mol. The van der Waals surface area contributed by atoms with Gasteiger partial charge in [0.05, 0.1) is 11.1 Å². The maximum absolute atomic E-state index is 13.6. The van der Waals surface area contributed by atoms with Gasteiger partial charge in [-0.2, -0.15) is 0 Å². The first kappa shape index (κ1) is 16.9. The third-order valence-corrected chi connectivity index (χ3v) is 4.28. The minimum absolute atomic E-state index is 0.0668. The maximum Gasteiger partial charge on any atom is 0.265 e. The lowest BCUT2D eigenvalue weighted by molar-refractivity contribution is -0.131. The van der Waals surface area contributed by atoms with Crippen molar-refractivity contribution < 1.29 is 18.7 Å². The number of carbonyl (C=O) groups is 1. The van der Waals surface area contributed by atoms with E-state index in [4.69, 9.17) is 32.7 Å². The predicted octanol–water partition coefficient (Wildman–Crippen LogP) is 4.15. The Morgan fingerprint density at radius 1 is 1.25 bits per heavy atom. The number of carbonyl (C=O) groups excluding carboxylic acids is 1. The van der Waals surface area contributed by atoms with Crippen LogP contribution in [0.5, 0.6) is 11.5 Å². The summed E-state index contributed by atoms with van der Waals surface area (Å²) in [6.45, 7) is 1.79. The number of ether oxygens (including phenoxy) is 2. The molecule has 1 aliphatic rings. The van der Waals surface area contributed by atoms with Crippen LogP contribution in [0.4, 0.5) is 4.39 Å². The average molecular weight is 370 g/mol. The van der Waals surface area contributed by atoms with Gasteiger partial charge in [-0.25, -0.2) is 4.39 Å². The Bertz CT molecular complexity index is 784. The molecular formula is C17H14Cl2FNO3. The molecule has 4 nitrogen and oxygen atoms in total. The standard InChI is InChI=1S/C17H14Cl2FNO3/c1-9(10-6-13(20)12(19)7-11(10)18)21-17(22)16-8-23-14-4-2-3-5-15(14)24-16/h2-7,9,16H,8H2,1H3,(H,21,22)/t9-,16+/m1/s1. The molecule has 0 spiro atoms. The van der Waals surface area contributed by atoms with E-state index in [1.165, 1.54) is 12.1 Å². The lowest BCUT2D eigenvalue weighted by atomic mass is 10.1. The van der Waals surface area contributed by atoms with Crippen molar-refractivity contribution in [2.45, 2.75) is 19.1 Å². The molecule has 1 aliphatic heterocycles. The molecule has 2 aromatic rings. The molecule has 2 atom stereocenters. The minimum Gasteiger partial charge on any atom is -0.485 e. The minimum atomic E-state index is -0.793. The van der Waals surface area contributed by atoms with Crippen molar-refractivity contribution in [3.8, 4) is 11.5 Å². The van der Waals surface area contributed by atoms with Crippen LogP contribution < -0.4 is 14.8 Å². The van der Waals surface area contributed by atoms with E-state index < -0.39 is 18.0 Å². The van der Waals surface area contributed by atoms with Gasteiger partial charge in [-0.15, -0.1) is 0 Å². The largest absolute Gasteiger partial charge is 0.485 e. The highest BCUT2D eigenvalue weighted by Crippen LogP contribution is 2.32. The fraction of sp³-hybridized carbons (Fsp3) is 0.235. The Balaban J connectivity index is 1.70. The number of amides is 1. The highest BCUT2D eigenvalue weighted by Gasteiger charge is 2.28. The summed E-state index contributed by atoms with van der Waals surface area (Å²) in [5.74, 6) is 0.135. The Morgan fingerprint density at radius 3 is 2.71 bits per heavy atom. The van der Waals surface area contributed by atoms with Gasteiger partial charge in [-0.3, -0.25) is 4.79 Å². The van der Waals surface area contributed by atoms with Crippen LogP contribution in [0.15, 0.2) is 36.4 Å². The molecule has 0 aromatic heterocycles. The zero-order valence-corrected chi connectivity index (χ0v) is 14.2. The molecule has 126 valence electrons. The molecule has 1 heterocycles. The maximum atomic E-state index is 13.6. The van der Waals surface area contributed by atoms with Crippen LogP contribution in [0, 0.1) is 5.82 Å². The Morgan fingerprint density at radius 2 is 1.96 bits per heavy atom. The van der Waals surface area contributed by atoms with Gasteiger partial charge in [0.1, 0.15) is 12.4 Å². The van der Waals surface area contributed by atoms with Crippen molar-refractivity contribution in [1.29, 1.82) is 0 Å². The number of fused-ring (bicyclic) bond motifs is 1. The molecule has 1 N–H and O–H groups in total. The summed E-state index contributed by atoms with van der Waals surface area (Å²) in [4.78, 5) is 12.4. The molecule has 0 saturated carbocycles. The van der Waals surface area contributed by atoms with E-state index in [-0.39, 0.29) is 22.6 Å². The third kappa shape index (κ3) is 3.42. The molecule has 1 amide bonds. The first-order valence-electron chi connectivity index (χ1n) is 7.29. The van der Waals surface area contributed by atoms with Gasteiger partial charge in [0.25, 0.3) is 5.91 Å². The molecule has 0 radical (unpaired) electrons. The van der Waals surface area contributed by atoms with Crippen LogP contribution in [0.2, 0.25) is 10.0 Å². The molecular weight excluding hydrogens is 356 g/mol. The molecule has 0 saturated heterocycles. The zero-order chi connectivity index (χ0) is 17.3. The second kappa shape index (κ2) is 6.87. The molecule has 0 fully saturated rings. The average Bonchev–Trinajstić information content (AvgIpc) is 2.57. The van der Waals surface area contributed by atoms with E-state index in [9.17, 15) is 9.18 Å². The first-order chi connectivity index (χ1) is 11.5. The number of halogens is 3. The van der Waals surface area contributed by atoms with Crippen molar-refractivity contribution in [3.05, 3.63) is 57.8 Å². The van der Waals surface area contributed by atoms with Gasteiger partial charge >= 0.3 is 0 Å². The number of hydrogen-bond acceptors (Lipinski definition) is 3. The SMILES string of the molecule is C[C@@H](NC(=O)[C@@H]1COc2ccccc2O1)c1cc(F)c(Cl)cc1Cl. The monoisotopic (exact) mass is 369 g/mol. The van der Waals surface area contributed by atoms with Crippen LogP contribution in [0.25, 0.3) is 0 Å². The molecule has 7 heteroatoms. The number of rotatable bonds is 3. The number of nitrogens with one attached hydrogen (secondary N) is 1. The number of benzene rings is 2. The van der Waals surface area contributed by atoms with Gasteiger partial charge in [0, 0.05) is 5.02 Å². The van der Waals surface area contributed by atoms with Crippen molar-refractivity contribution in [3.63, 3.8) is 0 Å². The molecule has 0 unspecified atom stereocenters. The highest BCUT2D eigenvalue weighted by molar-refractivity contribution is 6.35. The van der Waals surface area contributed by atoms with E-state index in [1.54, 1.807) is 25.1 Å². The summed E-state index contributed by atoms with van der Waals surface area (Å²) in [5.41, 5.74) is 0.434. The quantitative estimate of drug-likeness (QED) is 0.826. The third-order valence-electron chi connectivity index (χ3n) is 3.67. The van der Waals surface area contributed by atoms with Crippen LogP contribution >= 0.6 is 23.2 Å². The topological polar surface area (TPSA) is 47.6 Å². The summed E-state index contributed by atoms with van der Waals surface area (Å²) < 4.78 is 24.8. The van der Waals surface area contributed by atoms with E-state index in [2.05, 4.69) is 5.32 Å². The van der Waals surface area contributed by atoms with E-state index >= 15 is 0 Å². The first-order valence-corrected chi connectivity index (χ1v) is 8.04. The van der Waals surface area contributed by atoms with Gasteiger partial charge in [-0.05, 0) is 36.8 Å².